The molecular weight excluding hydrogens is 875 g/mol. The second-order valence-corrected chi connectivity index (χ2v) is 22.7. The molecule has 0 radical (unpaired) electrons. The van der Waals surface area contributed by atoms with E-state index in [1.165, 1.54) is 27.8 Å². The number of hydrogen-bond donors (Lipinski definition) is 1. The van der Waals surface area contributed by atoms with Gasteiger partial charge in [0.1, 0.15) is 11.6 Å². The van der Waals surface area contributed by atoms with Gasteiger partial charge < -0.3 is 5.11 Å². The minimum Gasteiger partial charge on any atom is -0.507 e. The monoisotopic (exact) mass is 940 g/mol. The number of para-hydroxylation sites is 1. The zero-order chi connectivity index (χ0) is 50.6. The van der Waals surface area contributed by atoms with Gasteiger partial charge >= 0.3 is 0 Å². The highest BCUT2D eigenvalue weighted by molar-refractivity contribution is 5.98. The molecule has 0 atom stereocenters. The van der Waals surface area contributed by atoms with Crippen molar-refractivity contribution in [3.8, 4) is 67.5 Å². The molecule has 4 nitrogen and oxygen atoms in total. The van der Waals surface area contributed by atoms with Gasteiger partial charge in [-0.2, -0.15) is 0 Å². The van der Waals surface area contributed by atoms with Crippen molar-refractivity contribution in [1.82, 2.24) is 14.5 Å². The van der Waals surface area contributed by atoms with Gasteiger partial charge in [0.2, 0.25) is 0 Å². The summed E-state index contributed by atoms with van der Waals surface area (Å²) in [4.78, 5) is 10.7. The largest absolute Gasteiger partial charge is 0.507 e. The first-order valence-corrected chi connectivity index (χ1v) is 25.3. The summed E-state index contributed by atoms with van der Waals surface area (Å²) >= 11 is 0. The van der Waals surface area contributed by atoms with E-state index in [2.05, 4.69) is 262 Å². The predicted octanol–water partition coefficient (Wildman–Crippen LogP) is 17.7. The van der Waals surface area contributed by atoms with Crippen molar-refractivity contribution in [3.63, 3.8) is 0 Å². The van der Waals surface area contributed by atoms with Crippen LogP contribution in [0.4, 0.5) is 0 Å². The zero-order valence-electron chi connectivity index (χ0n) is 43.4. The Labute approximate surface area is 426 Å². The SMILES string of the molecule is CC(C)(C)c1cc(-c2cc(-c3ccc(C(C)(c4ccccc4)c4ccccc4)cc3)ccn2)cc(-c2cccc3c2nc(-c2cc(C(C)(C)C)ccc2O)n3-c2ccc(C(C)(C)C)cc2-c2ccccc2)c1. The molecule has 2 aromatic heterocycles. The van der Waals surface area contributed by atoms with E-state index in [1.54, 1.807) is 0 Å². The number of nitrogens with zero attached hydrogens (tertiary/aromatic N) is 3. The van der Waals surface area contributed by atoms with Crippen LogP contribution in [0.25, 0.3) is 72.7 Å². The van der Waals surface area contributed by atoms with E-state index in [0.29, 0.717) is 11.4 Å². The summed E-state index contributed by atoms with van der Waals surface area (Å²) in [6.07, 6.45) is 1.93. The average Bonchev–Trinajstić information content (AvgIpc) is 3.77. The number of aromatic nitrogens is 3. The number of rotatable bonds is 9. The summed E-state index contributed by atoms with van der Waals surface area (Å²) in [6, 6.07) is 71.7. The summed E-state index contributed by atoms with van der Waals surface area (Å²) in [5.74, 6) is 0.870. The Morgan fingerprint density at radius 2 is 0.917 bits per heavy atom. The zero-order valence-corrected chi connectivity index (χ0v) is 43.4. The first-order valence-electron chi connectivity index (χ1n) is 25.3. The van der Waals surface area contributed by atoms with E-state index in [1.807, 2.05) is 18.3 Å². The van der Waals surface area contributed by atoms with Crippen LogP contribution in [0.2, 0.25) is 0 Å². The first kappa shape index (κ1) is 47.8. The Hall–Kier alpha value is -7.82. The van der Waals surface area contributed by atoms with Gasteiger partial charge in [0, 0.05) is 28.3 Å². The third kappa shape index (κ3) is 9.07. The van der Waals surface area contributed by atoms with E-state index in [9.17, 15) is 5.11 Å². The summed E-state index contributed by atoms with van der Waals surface area (Å²) in [7, 11) is 0. The van der Waals surface area contributed by atoms with Crippen molar-refractivity contribution >= 4 is 11.0 Å². The third-order valence-electron chi connectivity index (χ3n) is 14.6. The maximum absolute atomic E-state index is 11.9. The molecule has 1 N–H and O–H groups in total. The number of pyridine rings is 1. The third-order valence-corrected chi connectivity index (χ3v) is 14.6. The standard InChI is InChI=1S/C68H65N3O/c1-65(2,3)53-33-35-60(57(43-53)46-21-14-11-15-22-46)71-61-28-20-27-56(63(61)70-64(71)58-44-54(66(4,5)6)34-36-62(58)72)48-39-49(41-55(40-48)67(7,8)9)59-42-47(37-38-69-59)45-29-31-52(32-30-45)68(10,50-23-16-12-17-24-50)51-25-18-13-19-26-51/h11-44,72H,1-10H3. The molecule has 0 saturated heterocycles. The Balaban J connectivity index is 1.14. The van der Waals surface area contributed by atoms with Crippen molar-refractivity contribution in [1.29, 1.82) is 0 Å². The predicted molar refractivity (Wildman–Crippen MR) is 302 cm³/mol. The molecule has 4 heteroatoms. The van der Waals surface area contributed by atoms with Crippen molar-refractivity contribution < 1.29 is 5.11 Å². The van der Waals surface area contributed by atoms with Crippen molar-refractivity contribution in [2.24, 2.45) is 0 Å². The van der Waals surface area contributed by atoms with Gasteiger partial charge in [-0.1, -0.05) is 208 Å². The van der Waals surface area contributed by atoms with Crippen LogP contribution in [0, 0.1) is 0 Å². The molecule has 2 heterocycles. The van der Waals surface area contributed by atoms with Gasteiger partial charge in [-0.25, -0.2) is 4.98 Å². The molecule has 358 valence electrons. The van der Waals surface area contributed by atoms with Gasteiger partial charge in [-0.15, -0.1) is 0 Å². The molecule has 0 spiro atoms. The highest BCUT2D eigenvalue weighted by Gasteiger charge is 2.31. The van der Waals surface area contributed by atoms with E-state index >= 15 is 0 Å². The number of phenols is 1. The fourth-order valence-corrected chi connectivity index (χ4v) is 10.2. The van der Waals surface area contributed by atoms with Crippen LogP contribution in [-0.2, 0) is 21.7 Å². The lowest BCUT2D eigenvalue weighted by molar-refractivity contribution is 0.475. The van der Waals surface area contributed by atoms with Crippen molar-refractivity contribution in [3.05, 3.63) is 240 Å². The van der Waals surface area contributed by atoms with E-state index < -0.39 is 0 Å². The van der Waals surface area contributed by atoms with Crippen molar-refractivity contribution in [2.45, 2.75) is 90.9 Å². The molecule has 10 rings (SSSR count). The Kier molecular flexibility index (Phi) is 12.2. The second kappa shape index (κ2) is 18.4. The Bertz CT molecular complexity index is 3530. The molecule has 0 aliphatic heterocycles. The van der Waals surface area contributed by atoms with Crippen LogP contribution in [0.5, 0.6) is 5.75 Å². The summed E-state index contributed by atoms with van der Waals surface area (Å²) in [6.45, 7) is 22.5. The number of hydrogen-bond acceptors (Lipinski definition) is 3. The van der Waals surface area contributed by atoms with Gasteiger partial charge in [0.05, 0.1) is 28.0 Å². The molecule has 0 saturated carbocycles. The molecule has 0 unspecified atom stereocenters. The van der Waals surface area contributed by atoms with Gasteiger partial charge in [-0.05, 0) is 133 Å². The lowest BCUT2D eigenvalue weighted by atomic mass is 9.71. The minimum atomic E-state index is -0.328. The molecule has 0 bridgehead atoms. The minimum absolute atomic E-state index is 0.0731. The van der Waals surface area contributed by atoms with Crippen LogP contribution >= 0.6 is 0 Å². The number of imidazole rings is 1. The lowest BCUT2D eigenvalue weighted by Gasteiger charge is -2.32. The first-order chi connectivity index (χ1) is 34.4. The summed E-state index contributed by atoms with van der Waals surface area (Å²) in [5.41, 5.74) is 18.5. The average molecular weight is 940 g/mol. The highest BCUT2D eigenvalue weighted by atomic mass is 16.3. The fraction of sp³-hybridized carbons (Fsp3) is 0.206. The van der Waals surface area contributed by atoms with Gasteiger partial charge in [0.25, 0.3) is 0 Å². The topological polar surface area (TPSA) is 50.9 Å². The Morgan fingerprint density at radius 1 is 0.375 bits per heavy atom. The van der Waals surface area contributed by atoms with Crippen LogP contribution in [0.15, 0.2) is 206 Å². The number of benzene rings is 8. The molecule has 0 amide bonds. The van der Waals surface area contributed by atoms with Crippen molar-refractivity contribution in [2.75, 3.05) is 0 Å². The summed E-state index contributed by atoms with van der Waals surface area (Å²) < 4.78 is 2.27. The molecule has 8 aromatic carbocycles. The number of aromatic hydroxyl groups is 1. The maximum atomic E-state index is 11.9. The van der Waals surface area contributed by atoms with Gasteiger partial charge in [-0.3, -0.25) is 9.55 Å². The second-order valence-electron chi connectivity index (χ2n) is 22.7. The Morgan fingerprint density at radius 3 is 1.53 bits per heavy atom. The van der Waals surface area contributed by atoms with Crippen LogP contribution in [0.3, 0.4) is 0 Å². The van der Waals surface area contributed by atoms with E-state index in [4.69, 9.17) is 9.97 Å². The van der Waals surface area contributed by atoms with Crippen LogP contribution in [0.1, 0.15) is 103 Å². The van der Waals surface area contributed by atoms with Gasteiger partial charge in [0.15, 0.2) is 0 Å². The fourth-order valence-electron chi connectivity index (χ4n) is 10.2. The normalized spacial score (nSPS) is 12.4. The highest BCUT2D eigenvalue weighted by Crippen LogP contribution is 2.44. The smallest absolute Gasteiger partial charge is 0.149 e. The lowest BCUT2D eigenvalue weighted by Crippen LogP contribution is -2.25. The number of phenolic OH excluding ortho intramolecular Hbond substituents is 1. The quantitative estimate of drug-likeness (QED) is 0.147. The number of fused-ring (bicyclic) bond motifs is 1. The van der Waals surface area contributed by atoms with E-state index in [-0.39, 0.29) is 27.4 Å². The molecule has 0 fully saturated rings. The maximum Gasteiger partial charge on any atom is 0.149 e. The molecular formula is C68H65N3O. The van der Waals surface area contributed by atoms with E-state index in [0.717, 1.165) is 66.9 Å². The molecule has 0 aliphatic rings. The van der Waals surface area contributed by atoms with Crippen LogP contribution in [-0.4, -0.2) is 19.6 Å². The summed E-state index contributed by atoms with van der Waals surface area (Å²) in [5, 5.41) is 11.9. The molecule has 0 aliphatic carbocycles. The molecule has 10 aromatic rings. The molecule has 72 heavy (non-hydrogen) atoms. The van der Waals surface area contributed by atoms with Crippen LogP contribution < -0.4 is 0 Å².